The lowest BCUT2D eigenvalue weighted by Crippen LogP contribution is -2.38. The first kappa shape index (κ1) is 20.5. The molecule has 0 aliphatic heterocycles. The minimum atomic E-state index is -4.45. The van der Waals surface area contributed by atoms with Gasteiger partial charge in [0.05, 0.1) is 6.10 Å². The van der Waals surface area contributed by atoms with Crippen molar-refractivity contribution in [2.45, 2.75) is 63.3 Å². The van der Waals surface area contributed by atoms with E-state index >= 15 is 0 Å². The lowest BCUT2D eigenvalue weighted by atomic mass is 9.93. The summed E-state index contributed by atoms with van der Waals surface area (Å²) < 4.78 is 38.1. The molecule has 26 heavy (non-hydrogen) atoms. The number of aliphatic hydroxyl groups excluding tert-OH is 1. The molecule has 1 aromatic rings. The van der Waals surface area contributed by atoms with Crippen molar-refractivity contribution >= 4 is 11.7 Å². The van der Waals surface area contributed by atoms with Crippen LogP contribution in [0.4, 0.5) is 19.0 Å². The molecule has 2 N–H and O–H groups in total. The Bertz CT molecular complexity index is 587. The summed E-state index contributed by atoms with van der Waals surface area (Å²) in [5.74, 6) is 0.260. The number of hydrogen-bond acceptors (Lipinski definition) is 4. The van der Waals surface area contributed by atoms with Gasteiger partial charge in [0.15, 0.2) is 0 Å². The van der Waals surface area contributed by atoms with E-state index in [9.17, 15) is 23.1 Å². The van der Waals surface area contributed by atoms with Crippen LogP contribution in [-0.4, -0.2) is 41.7 Å². The maximum atomic E-state index is 12.7. The molecule has 0 spiro atoms. The van der Waals surface area contributed by atoms with E-state index in [1.165, 1.54) is 6.07 Å². The Morgan fingerprint density at radius 3 is 2.62 bits per heavy atom. The molecule has 0 aromatic carbocycles. The summed E-state index contributed by atoms with van der Waals surface area (Å²) in [6.45, 7) is 0.525. The molecule has 1 amide bonds. The molecule has 0 saturated heterocycles. The fourth-order valence-corrected chi connectivity index (χ4v) is 3.06. The molecule has 2 rings (SSSR count). The third-order valence-corrected chi connectivity index (χ3v) is 4.63. The number of alkyl halides is 3. The summed E-state index contributed by atoms with van der Waals surface area (Å²) in [4.78, 5) is 17.2. The van der Waals surface area contributed by atoms with Crippen molar-refractivity contribution in [3.63, 3.8) is 0 Å². The zero-order valence-electron chi connectivity index (χ0n) is 14.9. The number of aromatic nitrogens is 1. The molecule has 5 nitrogen and oxygen atoms in total. The maximum Gasteiger partial charge on any atom is 0.433 e. The predicted molar refractivity (Wildman–Crippen MR) is 92.8 cm³/mol. The van der Waals surface area contributed by atoms with E-state index in [-0.39, 0.29) is 23.9 Å². The van der Waals surface area contributed by atoms with Gasteiger partial charge in [-0.15, -0.1) is 0 Å². The van der Waals surface area contributed by atoms with Crippen LogP contribution in [0.1, 0.15) is 50.6 Å². The first-order valence-electron chi connectivity index (χ1n) is 8.98. The minimum Gasteiger partial charge on any atom is -0.393 e. The first-order chi connectivity index (χ1) is 12.3. The van der Waals surface area contributed by atoms with Crippen LogP contribution in [0.5, 0.6) is 0 Å². The highest BCUT2D eigenvalue weighted by molar-refractivity contribution is 5.76. The van der Waals surface area contributed by atoms with Crippen molar-refractivity contribution in [2.24, 2.45) is 0 Å². The van der Waals surface area contributed by atoms with Gasteiger partial charge in [0, 0.05) is 26.1 Å². The second-order valence-corrected chi connectivity index (χ2v) is 6.83. The first-order valence-corrected chi connectivity index (χ1v) is 8.98. The fourth-order valence-electron chi connectivity index (χ4n) is 3.06. The number of nitrogens with zero attached hydrogens (tertiary/aromatic N) is 2. The van der Waals surface area contributed by atoms with Crippen molar-refractivity contribution in [2.75, 3.05) is 18.5 Å². The second-order valence-electron chi connectivity index (χ2n) is 6.83. The fraction of sp³-hybridized carbons (Fsp3) is 0.667. The Balaban J connectivity index is 1.68. The number of hydrogen-bond donors (Lipinski definition) is 2. The summed E-state index contributed by atoms with van der Waals surface area (Å²) in [7, 11) is 1.69. The zero-order valence-corrected chi connectivity index (χ0v) is 14.9. The zero-order chi connectivity index (χ0) is 19.2. The topological polar surface area (TPSA) is 65.5 Å². The highest BCUT2D eigenvalue weighted by atomic mass is 19.4. The largest absolute Gasteiger partial charge is 0.433 e. The van der Waals surface area contributed by atoms with Gasteiger partial charge in [-0.1, -0.05) is 6.07 Å². The van der Waals surface area contributed by atoms with E-state index in [4.69, 9.17) is 0 Å². The van der Waals surface area contributed by atoms with Crippen LogP contribution in [0.3, 0.4) is 0 Å². The molecule has 1 saturated carbocycles. The van der Waals surface area contributed by atoms with E-state index < -0.39 is 11.9 Å². The Morgan fingerprint density at radius 2 is 1.96 bits per heavy atom. The molecule has 8 heteroatoms. The predicted octanol–water partition coefficient (Wildman–Crippen LogP) is 3.13. The number of nitrogens with one attached hydrogen (secondary N) is 1. The Kier molecular flexibility index (Phi) is 7.25. The van der Waals surface area contributed by atoms with Gasteiger partial charge in [-0.3, -0.25) is 4.79 Å². The molecule has 146 valence electrons. The summed E-state index contributed by atoms with van der Waals surface area (Å²) in [5.41, 5.74) is -0.904. The average molecular weight is 373 g/mol. The molecule has 1 aromatic heterocycles. The molecule has 1 aliphatic carbocycles. The van der Waals surface area contributed by atoms with E-state index in [0.29, 0.717) is 25.8 Å². The van der Waals surface area contributed by atoms with Gasteiger partial charge < -0.3 is 15.3 Å². The number of amides is 1. The van der Waals surface area contributed by atoms with E-state index in [1.807, 2.05) is 0 Å². The number of carbonyl (C=O) groups excluding carboxylic acids is 1. The molecule has 1 fully saturated rings. The van der Waals surface area contributed by atoms with Crippen molar-refractivity contribution in [3.05, 3.63) is 23.9 Å². The minimum absolute atomic E-state index is 0.00811. The van der Waals surface area contributed by atoms with Crippen molar-refractivity contribution in [1.82, 2.24) is 10.3 Å². The van der Waals surface area contributed by atoms with Crippen molar-refractivity contribution in [1.29, 1.82) is 0 Å². The number of aliphatic hydroxyl groups is 1. The summed E-state index contributed by atoms with van der Waals surface area (Å²) >= 11 is 0. The highest BCUT2D eigenvalue weighted by Crippen LogP contribution is 2.28. The van der Waals surface area contributed by atoms with Gasteiger partial charge in [-0.2, -0.15) is 13.2 Å². The molecule has 0 bridgehead atoms. The third-order valence-electron chi connectivity index (χ3n) is 4.63. The van der Waals surface area contributed by atoms with Gasteiger partial charge in [0.1, 0.15) is 11.5 Å². The summed E-state index contributed by atoms with van der Waals surface area (Å²) in [6, 6.07) is 3.98. The summed E-state index contributed by atoms with van der Waals surface area (Å²) in [6.07, 6.45) is 0.0822. The van der Waals surface area contributed by atoms with E-state index in [2.05, 4.69) is 10.3 Å². The second kappa shape index (κ2) is 9.21. The van der Waals surface area contributed by atoms with Gasteiger partial charge >= 0.3 is 6.18 Å². The SMILES string of the molecule is CN(CCCCC(=O)NC1CCC(O)CC1)c1cccc(C(F)(F)F)n1. The number of pyridine rings is 1. The average Bonchev–Trinajstić information content (AvgIpc) is 2.60. The van der Waals surface area contributed by atoms with Gasteiger partial charge in [0.2, 0.25) is 5.91 Å². The monoisotopic (exact) mass is 373 g/mol. The Morgan fingerprint density at radius 1 is 1.27 bits per heavy atom. The molecular formula is C18H26F3N3O2. The van der Waals surface area contributed by atoms with Crippen LogP contribution in [0, 0.1) is 0 Å². The van der Waals surface area contributed by atoms with Crippen LogP contribution < -0.4 is 10.2 Å². The van der Waals surface area contributed by atoms with Crippen LogP contribution in [-0.2, 0) is 11.0 Å². The number of carbonyl (C=O) groups is 1. The van der Waals surface area contributed by atoms with Crippen LogP contribution in [0.2, 0.25) is 0 Å². The van der Waals surface area contributed by atoms with Gasteiger partial charge in [0.25, 0.3) is 0 Å². The number of halogens is 3. The third kappa shape index (κ3) is 6.48. The van der Waals surface area contributed by atoms with Crippen LogP contribution in [0.25, 0.3) is 0 Å². The molecule has 1 aliphatic rings. The molecule has 0 unspecified atom stereocenters. The highest BCUT2D eigenvalue weighted by Gasteiger charge is 2.32. The normalized spacial score (nSPS) is 20.7. The van der Waals surface area contributed by atoms with Gasteiger partial charge in [-0.05, 0) is 50.7 Å². The smallest absolute Gasteiger partial charge is 0.393 e. The van der Waals surface area contributed by atoms with E-state index in [1.54, 1.807) is 18.0 Å². The molecule has 0 atom stereocenters. The van der Waals surface area contributed by atoms with E-state index in [0.717, 1.165) is 31.7 Å². The standard InChI is InChI=1S/C18H26F3N3O2/c1-24(16-6-4-5-15(23-16)18(19,20)21)12-3-2-7-17(26)22-13-8-10-14(25)11-9-13/h4-6,13-14,25H,2-3,7-12H2,1H3,(H,22,26). The van der Waals surface area contributed by atoms with Gasteiger partial charge in [-0.25, -0.2) is 4.98 Å². The molecule has 0 radical (unpaired) electrons. The maximum absolute atomic E-state index is 12.7. The number of rotatable bonds is 7. The molecule has 1 heterocycles. The quantitative estimate of drug-likeness (QED) is 0.721. The van der Waals surface area contributed by atoms with Crippen LogP contribution >= 0.6 is 0 Å². The Hall–Kier alpha value is -1.83. The van der Waals surface area contributed by atoms with Crippen molar-refractivity contribution < 1.29 is 23.1 Å². The van der Waals surface area contributed by atoms with Crippen LogP contribution in [0.15, 0.2) is 18.2 Å². The summed E-state index contributed by atoms with van der Waals surface area (Å²) in [5, 5.41) is 12.4. The van der Waals surface area contributed by atoms with Crippen molar-refractivity contribution in [3.8, 4) is 0 Å². The number of unbranched alkanes of at least 4 members (excludes halogenated alkanes) is 1. The lowest BCUT2D eigenvalue weighted by Gasteiger charge is -2.26. The molecular weight excluding hydrogens is 347 g/mol. The lowest BCUT2D eigenvalue weighted by molar-refractivity contribution is -0.141. The Labute approximate surface area is 151 Å². The number of anilines is 1.